The van der Waals surface area contributed by atoms with Crippen molar-refractivity contribution in [1.82, 2.24) is 15.5 Å². The van der Waals surface area contributed by atoms with Gasteiger partial charge in [-0.1, -0.05) is 18.2 Å². The van der Waals surface area contributed by atoms with Gasteiger partial charge in [-0.3, -0.25) is 0 Å². The van der Waals surface area contributed by atoms with Gasteiger partial charge in [-0.25, -0.2) is 14.0 Å². The number of nitrogens with zero attached hydrogens (tertiary/aromatic N) is 1. The normalized spacial score (nSPS) is 18.5. The molecule has 212 valence electrons. The number of fused-ring (bicyclic) bond motifs is 1. The smallest absolute Gasteiger partial charge is 0.322 e. The maximum atomic E-state index is 13.5. The van der Waals surface area contributed by atoms with E-state index in [9.17, 15) is 14.0 Å². The molecular formula is C29H39FN4O5. The second-order valence-corrected chi connectivity index (χ2v) is 9.99. The monoisotopic (exact) mass is 542 g/mol. The van der Waals surface area contributed by atoms with Crippen LogP contribution in [0.1, 0.15) is 48.3 Å². The SMILES string of the molecule is COCCOCCOCCNC(=O)NC1CCC(c2ccc(NC(=O)N3Cc4ccc(F)cc4C3)cc2)CC1. The van der Waals surface area contributed by atoms with Crippen molar-refractivity contribution in [2.24, 2.45) is 0 Å². The Morgan fingerprint density at radius 3 is 2.33 bits per heavy atom. The molecule has 0 radical (unpaired) electrons. The third-order valence-corrected chi connectivity index (χ3v) is 7.21. The van der Waals surface area contributed by atoms with Crippen molar-refractivity contribution in [2.75, 3.05) is 52.0 Å². The molecule has 4 amide bonds. The molecule has 39 heavy (non-hydrogen) atoms. The molecule has 1 saturated carbocycles. The van der Waals surface area contributed by atoms with Crippen molar-refractivity contribution >= 4 is 17.7 Å². The van der Waals surface area contributed by atoms with Crippen LogP contribution in [0, 0.1) is 5.82 Å². The van der Waals surface area contributed by atoms with Gasteiger partial charge in [-0.15, -0.1) is 0 Å². The molecule has 0 saturated heterocycles. The highest BCUT2D eigenvalue weighted by atomic mass is 19.1. The van der Waals surface area contributed by atoms with Crippen molar-refractivity contribution in [3.05, 3.63) is 65.0 Å². The number of halogens is 1. The molecule has 0 atom stereocenters. The highest BCUT2D eigenvalue weighted by Crippen LogP contribution is 2.33. The van der Waals surface area contributed by atoms with Gasteiger partial charge in [0, 0.05) is 38.5 Å². The number of amides is 4. The van der Waals surface area contributed by atoms with E-state index in [1.54, 1.807) is 18.1 Å². The molecule has 0 bridgehead atoms. The molecule has 1 aliphatic heterocycles. The van der Waals surface area contributed by atoms with Crippen LogP contribution >= 0.6 is 0 Å². The Hall–Kier alpha value is -3.21. The summed E-state index contributed by atoms with van der Waals surface area (Å²) in [4.78, 5) is 26.6. The minimum atomic E-state index is -0.280. The molecule has 2 aliphatic rings. The number of hydrogen-bond acceptors (Lipinski definition) is 5. The molecule has 0 unspecified atom stereocenters. The summed E-state index contributed by atoms with van der Waals surface area (Å²) < 4.78 is 29.1. The lowest BCUT2D eigenvalue weighted by molar-refractivity contribution is 0.0259. The topological polar surface area (TPSA) is 101 Å². The lowest BCUT2D eigenvalue weighted by Gasteiger charge is -2.29. The Kier molecular flexibility index (Phi) is 10.9. The van der Waals surface area contributed by atoms with Gasteiger partial charge < -0.3 is 35.1 Å². The maximum absolute atomic E-state index is 13.5. The number of anilines is 1. The van der Waals surface area contributed by atoms with E-state index in [0.717, 1.165) is 42.5 Å². The quantitative estimate of drug-likeness (QED) is 0.346. The van der Waals surface area contributed by atoms with Crippen LogP contribution in [0.25, 0.3) is 0 Å². The van der Waals surface area contributed by atoms with Gasteiger partial charge >= 0.3 is 12.1 Å². The van der Waals surface area contributed by atoms with Gasteiger partial charge in [-0.05, 0) is 72.6 Å². The van der Waals surface area contributed by atoms with E-state index >= 15 is 0 Å². The number of hydrogen-bond donors (Lipinski definition) is 3. The van der Waals surface area contributed by atoms with Gasteiger partial charge in [0.25, 0.3) is 0 Å². The van der Waals surface area contributed by atoms with Crippen LogP contribution in [0.3, 0.4) is 0 Å². The fourth-order valence-corrected chi connectivity index (χ4v) is 5.06. The fraction of sp³-hybridized carbons (Fsp3) is 0.517. The number of rotatable bonds is 12. The first-order valence-electron chi connectivity index (χ1n) is 13.6. The summed E-state index contributed by atoms with van der Waals surface area (Å²) >= 11 is 0. The number of ether oxygens (including phenoxy) is 3. The minimum absolute atomic E-state index is 0.160. The Balaban J connectivity index is 1.10. The fourth-order valence-electron chi connectivity index (χ4n) is 5.06. The summed E-state index contributed by atoms with van der Waals surface area (Å²) in [5, 5.41) is 8.86. The molecule has 0 spiro atoms. The van der Waals surface area contributed by atoms with Crippen LogP contribution in [-0.4, -0.2) is 69.7 Å². The summed E-state index contributed by atoms with van der Waals surface area (Å²) in [6, 6.07) is 12.5. The van der Waals surface area contributed by atoms with Crippen LogP contribution in [0.5, 0.6) is 0 Å². The lowest BCUT2D eigenvalue weighted by atomic mass is 9.82. The summed E-state index contributed by atoms with van der Waals surface area (Å²) in [5.74, 6) is 0.149. The van der Waals surface area contributed by atoms with E-state index in [0.29, 0.717) is 58.6 Å². The zero-order valence-electron chi connectivity index (χ0n) is 22.5. The van der Waals surface area contributed by atoms with Crippen LogP contribution < -0.4 is 16.0 Å². The van der Waals surface area contributed by atoms with Gasteiger partial charge in [0.1, 0.15) is 5.82 Å². The van der Waals surface area contributed by atoms with Gasteiger partial charge in [0.2, 0.25) is 0 Å². The number of urea groups is 2. The van der Waals surface area contributed by atoms with Crippen LogP contribution in [0.4, 0.5) is 19.7 Å². The van der Waals surface area contributed by atoms with Crippen molar-refractivity contribution in [3.8, 4) is 0 Å². The van der Waals surface area contributed by atoms with E-state index in [2.05, 4.69) is 28.1 Å². The van der Waals surface area contributed by atoms with E-state index in [4.69, 9.17) is 14.2 Å². The molecule has 10 heteroatoms. The number of benzene rings is 2. The van der Waals surface area contributed by atoms with Crippen LogP contribution in [0.15, 0.2) is 42.5 Å². The molecular weight excluding hydrogens is 503 g/mol. The Morgan fingerprint density at radius 1 is 0.897 bits per heavy atom. The highest BCUT2D eigenvalue weighted by Gasteiger charge is 2.25. The molecule has 1 fully saturated rings. The Morgan fingerprint density at radius 2 is 1.59 bits per heavy atom. The summed E-state index contributed by atoms with van der Waals surface area (Å²) in [6.07, 6.45) is 3.82. The second kappa shape index (κ2) is 14.8. The average Bonchev–Trinajstić information content (AvgIpc) is 3.37. The van der Waals surface area contributed by atoms with Crippen molar-refractivity contribution in [2.45, 2.75) is 50.7 Å². The molecule has 4 rings (SSSR count). The zero-order valence-corrected chi connectivity index (χ0v) is 22.5. The van der Waals surface area contributed by atoms with E-state index < -0.39 is 0 Å². The third-order valence-electron chi connectivity index (χ3n) is 7.21. The Labute approximate surface area is 229 Å². The van der Waals surface area contributed by atoms with E-state index in [-0.39, 0.29) is 23.9 Å². The van der Waals surface area contributed by atoms with Crippen LogP contribution in [0.2, 0.25) is 0 Å². The highest BCUT2D eigenvalue weighted by molar-refractivity contribution is 5.89. The molecule has 2 aromatic rings. The molecule has 1 heterocycles. The van der Waals surface area contributed by atoms with Crippen molar-refractivity contribution in [1.29, 1.82) is 0 Å². The predicted molar refractivity (Wildman–Crippen MR) is 146 cm³/mol. The second-order valence-electron chi connectivity index (χ2n) is 9.99. The predicted octanol–water partition coefficient (Wildman–Crippen LogP) is 4.38. The number of carbonyl (C=O) groups excluding carboxylic acids is 2. The first-order chi connectivity index (χ1) is 19.0. The molecule has 9 nitrogen and oxygen atoms in total. The number of carbonyl (C=O) groups is 2. The summed E-state index contributed by atoms with van der Waals surface area (Å²) in [7, 11) is 1.63. The number of methoxy groups -OCH3 is 1. The zero-order chi connectivity index (χ0) is 27.5. The van der Waals surface area contributed by atoms with Crippen molar-refractivity contribution < 1.29 is 28.2 Å². The van der Waals surface area contributed by atoms with Crippen molar-refractivity contribution in [3.63, 3.8) is 0 Å². The molecule has 3 N–H and O–H groups in total. The first-order valence-corrected chi connectivity index (χ1v) is 13.6. The van der Waals surface area contributed by atoms with Gasteiger partial charge in [0.15, 0.2) is 0 Å². The molecule has 0 aromatic heterocycles. The first kappa shape index (κ1) is 28.8. The van der Waals surface area contributed by atoms with E-state index in [1.807, 2.05) is 12.1 Å². The lowest BCUT2D eigenvalue weighted by Crippen LogP contribution is -2.44. The Bertz CT molecular complexity index is 1080. The van der Waals surface area contributed by atoms with E-state index in [1.165, 1.54) is 17.7 Å². The average molecular weight is 543 g/mol. The largest absolute Gasteiger partial charge is 0.382 e. The molecule has 2 aromatic carbocycles. The summed E-state index contributed by atoms with van der Waals surface area (Å²) in [6.45, 7) is 3.88. The summed E-state index contributed by atoms with van der Waals surface area (Å²) in [5.41, 5.74) is 3.81. The standard InChI is InChI=1S/C29H39FN4O5/c1-37-14-15-39-17-16-38-13-12-31-28(35)32-26-8-3-21(4-9-26)22-5-10-27(11-6-22)33-29(36)34-19-23-2-7-25(30)18-24(23)20-34/h2,5-7,10-11,18,21,26H,3-4,8-9,12-17,19-20H2,1H3,(H,33,36)(H2,31,32,35). The maximum Gasteiger partial charge on any atom is 0.322 e. The number of nitrogens with one attached hydrogen (secondary N) is 3. The van der Waals surface area contributed by atoms with Gasteiger partial charge in [0.05, 0.1) is 33.0 Å². The van der Waals surface area contributed by atoms with Crippen LogP contribution in [-0.2, 0) is 27.3 Å². The minimum Gasteiger partial charge on any atom is -0.382 e. The van der Waals surface area contributed by atoms with Gasteiger partial charge in [-0.2, -0.15) is 0 Å². The molecule has 1 aliphatic carbocycles. The third kappa shape index (κ3) is 8.91.